The molecular formula is C15H16N4O5. The molecule has 0 aliphatic heterocycles. The van der Waals surface area contributed by atoms with Crippen LogP contribution in [0.5, 0.6) is 0 Å². The molecule has 2 aromatic heterocycles. The van der Waals surface area contributed by atoms with E-state index in [4.69, 9.17) is 30.1 Å². The average molecular weight is 332 g/mol. The first-order valence-corrected chi connectivity index (χ1v) is 6.97. The van der Waals surface area contributed by atoms with Crippen molar-refractivity contribution < 1.29 is 24.3 Å². The molecule has 126 valence electrons. The van der Waals surface area contributed by atoms with Crippen LogP contribution < -0.4 is 5.73 Å². The van der Waals surface area contributed by atoms with Gasteiger partial charge < -0.3 is 25.0 Å². The molecule has 9 heteroatoms. The molecule has 4 N–H and O–H groups in total. The summed E-state index contributed by atoms with van der Waals surface area (Å²) < 4.78 is 7.23. The second-order valence-electron chi connectivity index (χ2n) is 4.83. The zero-order chi connectivity index (χ0) is 17.7. The van der Waals surface area contributed by atoms with E-state index in [1.165, 1.54) is 0 Å². The largest absolute Gasteiger partial charge is 0.473 e. The minimum absolute atomic E-state index is 0.511. The van der Waals surface area contributed by atoms with Crippen molar-refractivity contribution in [2.75, 3.05) is 6.54 Å². The van der Waals surface area contributed by atoms with Gasteiger partial charge in [-0.25, -0.2) is 9.59 Å². The summed E-state index contributed by atoms with van der Waals surface area (Å²) in [4.78, 5) is 22.6. The lowest BCUT2D eigenvalue weighted by atomic mass is 10.2. The van der Waals surface area contributed by atoms with Crippen LogP contribution in [-0.4, -0.2) is 43.4 Å². The van der Waals surface area contributed by atoms with Crippen LogP contribution in [0.1, 0.15) is 5.89 Å². The van der Waals surface area contributed by atoms with Crippen LogP contribution in [0.4, 0.5) is 0 Å². The third-order valence-corrected chi connectivity index (χ3v) is 3.15. The summed E-state index contributed by atoms with van der Waals surface area (Å²) in [7, 11) is 2.01. The average Bonchev–Trinajstić information content (AvgIpc) is 3.14. The van der Waals surface area contributed by atoms with Gasteiger partial charge in [-0.05, 0) is 6.07 Å². The number of para-hydroxylation sites is 1. The highest BCUT2D eigenvalue weighted by Crippen LogP contribution is 2.27. The van der Waals surface area contributed by atoms with Gasteiger partial charge in [-0.3, -0.25) is 0 Å². The molecule has 3 aromatic rings. The Morgan fingerprint density at radius 2 is 1.92 bits per heavy atom. The van der Waals surface area contributed by atoms with Gasteiger partial charge in [-0.15, -0.1) is 0 Å². The fourth-order valence-electron chi connectivity index (χ4n) is 2.11. The van der Waals surface area contributed by atoms with Crippen molar-refractivity contribution in [2.45, 2.75) is 6.42 Å². The number of aryl methyl sites for hydroxylation is 1. The number of hydrogen-bond donors (Lipinski definition) is 3. The highest BCUT2D eigenvalue weighted by atomic mass is 16.5. The molecule has 1 aromatic carbocycles. The summed E-state index contributed by atoms with van der Waals surface area (Å²) in [6.45, 7) is 0.511. The number of carboxylic acids is 2. The molecule has 0 atom stereocenters. The SMILES string of the molecule is Cn1cc(-c2noc(CCN)n2)c2ccccc21.O=C(O)C(=O)O. The number of nitrogens with two attached hydrogens (primary N) is 1. The molecule has 0 unspecified atom stereocenters. The van der Waals surface area contributed by atoms with E-state index in [2.05, 4.69) is 26.8 Å². The molecule has 3 rings (SSSR count). The summed E-state index contributed by atoms with van der Waals surface area (Å²) in [5.74, 6) is -2.44. The Balaban J connectivity index is 0.000000301. The van der Waals surface area contributed by atoms with E-state index in [0.29, 0.717) is 24.7 Å². The van der Waals surface area contributed by atoms with E-state index in [1.807, 2.05) is 25.4 Å². The lowest BCUT2D eigenvalue weighted by molar-refractivity contribution is -0.159. The summed E-state index contributed by atoms with van der Waals surface area (Å²) in [6.07, 6.45) is 2.62. The Bertz CT molecular complexity index is 856. The van der Waals surface area contributed by atoms with E-state index in [-0.39, 0.29) is 0 Å². The summed E-state index contributed by atoms with van der Waals surface area (Å²) in [6, 6.07) is 8.15. The molecule has 24 heavy (non-hydrogen) atoms. The second kappa shape index (κ2) is 7.38. The predicted molar refractivity (Wildman–Crippen MR) is 84.2 cm³/mol. The molecule has 0 bridgehead atoms. The molecule has 0 spiro atoms. The first-order valence-electron chi connectivity index (χ1n) is 6.97. The minimum atomic E-state index is -1.82. The highest BCUT2D eigenvalue weighted by molar-refractivity contribution is 6.27. The maximum absolute atomic E-state index is 9.10. The first-order chi connectivity index (χ1) is 11.4. The van der Waals surface area contributed by atoms with Gasteiger partial charge in [0, 0.05) is 42.7 Å². The van der Waals surface area contributed by atoms with Gasteiger partial charge in [-0.2, -0.15) is 4.98 Å². The maximum atomic E-state index is 9.10. The third kappa shape index (κ3) is 3.76. The van der Waals surface area contributed by atoms with Crippen molar-refractivity contribution >= 4 is 22.8 Å². The monoisotopic (exact) mass is 332 g/mol. The molecule has 9 nitrogen and oxygen atoms in total. The normalized spacial score (nSPS) is 10.2. The van der Waals surface area contributed by atoms with E-state index in [9.17, 15) is 0 Å². The van der Waals surface area contributed by atoms with Gasteiger partial charge in [0.15, 0.2) is 0 Å². The van der Waals surface area contributed by atoms with Crippen molar-refractivity contribution in [3.05, 3.63) is 36.4 Å². The molecule has 0 fully saturated rings. The van der Waals surface area contributed by atoms with Crippen LogP contribution in [0.2, 0.25) is 0 Å². The number of carboxylic acid groups (broad SMARTS) is 2. The van der Waals surface area contributed by atoms with Gasteiger partial charge in [0.05, 0.1) is 0 Å². The number of aromatic nitrogens is 3. The van der Waals surface area contributed by atoms with Gasteiger partial charge in [0.2, 0.25) is 11.7 Å². The van der Waals surface area contributed by atoms with Crippen LogP contribution in [0, 0.1) is 0 Å². The number of fused-ring (bicyclic) bond motifs is 1. The molecule has 0 radical (unpaired) electrons. The lowest BCUT2D eigenvalue weighted by Crippen LogP contribution is -2.09. The van der Waals surface area contributed by atoms with Crippen LogP contribution in [0.25, 0.3) is 22.3 Å². The second-order valence-corrected chi connectivity index (χ2v) is 4.83. The van der Waals surface area contributed by atoms with Gasteiger partial charge in [0.1, 0.15) is 0 Å². The van der Waals surface area contributed by atoms with Gasteiger partial charge in [-0.1, -0.05) is 23.4 Å². The number of hydrogen-bond acceptors (Lipinski definition) is 6. The number of rotatable bonds is 3. The Hall–Kier alpha value is -3.20. The quantitative estimate of drug-likeness (QED) is 0.599. The zero-order valence-electron chi connectivity index (χ0n) is 12.8. The Morgan fingerprint density at radius 1 is 1.25 bits per heavy atom. The zero-order valence-corrected chi connectivity index (χ0v) is 12.8. The van der Waals surface area contributed by atoms with Crippen molar-refractivity contribution in [1.29, 1.82) is 0 Å². The highest BCUT2D eigenvalue weighted by Gasteiger charge is 2.13. The molecular weight excluding hydrogens is 316 g/mol. The van der Waals surface area contributed by atoms with E-state index < -0.39 is 11.9 Å². The summed E-state index contributed by atoms with van der Waals surface area (Å²) >= 11 is 0. The first kappa shape index (κ1) is 17.2. The number of carbonyl (C=O) groups is 2. The molecule has 0 saturated carbocycles. The van der Waals surface area contributed by atoms with Crippen molar-refractivity contribution in [3.8, 4) is 11.4 Å². The Morgan fingerprint density at radius 3 is 2.54 bits per heavy atom. The topological polar surface area (TPSA) is 144 Å². The van der Waals surface area contributed by atoms with Crippen LogP contribution in [-0.2, 0) is 23.1 Å². The van der Waals surface area contributed by atoms with Crippen LogP contribution in [0.3, 0.4) is 0 Å². The third-order valence-electron chi connectivity index (χ3n) is 3.15. The minimum Gasteiger partial charge on any atom is -0.473 e. The van der Waals surface area contributed by atoms with Crippen LogP contribution in [0.15, 0.2) is 35.0 Å². The van der Waals surface area contributed by atoms with Crippen molar-refractivity contribution in [3.63, 3.8) is 0 Å². The van der Waals surface area contributed by atoms with Crippen LogP contribution >= 0.6 is 0 Å². The Kier molecular flexibility index (Phi) is 5.27. The van der Waals surface area contributed by atoms with E-state index >= 15 is 0 Å². The standard InChI is InChI=1S/C13H14N4O.C2H2O4/c1-17-8-10(9-4-2-3-5-11(9)17)13-15-12(6-7-14)18-16-13;3-1(4)2(5)6/h2-5,8H,6-7,14H2,1H3;(H,3,4)(H,5,6). The predicted octanol–water partition coefficient (Wildman–Crippen LogP) is 0.885. The molecule has 0 saturated heterocycles. The van der Waals surface area contributed by atoms with Gasteiger partial charge >= 0.3 is 11.9 Å². The smallest absolute Gasteiger partial charge is 0.414 e. The molecule has 0 amide bonds. The molecule has 2 heterocycles. The maximum Gasteiger partial charge on any atom is 0.414 e. The molecule has 0 aliphatic rings. The fraction of sp³-hybridized carbons (Fsp3) is 0.200. The number of nitrogens with zero attached hydrogens (tertiary/aromatic N) is 3. The lowest BCUT2D eigenvalue weighted by Gasteiger charge is -1.93. The van der Waals surface area contributed by atoms with E-state index in [1.54, 1.807) is 0 Å². The summed E-state index contributed by atoms with van der Waals surface area (Å²) in [5, 5.41) is 19.9. The fourth-order valence-corrected chi connectivity index (χ4v) is 2.11. The van der Waals surface area contributed by atoms with Crippen molar-refractivity contribution in [2.24, 2.45) is 12.8 Å². The number of benzene rings is 1. The van der Waals surface area contributed by atoms with E-state index in [0.717, 1.165) is 16.5 Å². The number of aliphatic carboxylic acids is 2. The Labute approximate surface area is 136 Å². The summed E-state index contributed by atoms with van der Waals surface area (Å²) in [5.41, 5.74) is 7.61. The van der Waals surface area contributed by atoms with Gasteiger partial charge in [0.25, 0.3) is 0 Å². The molecule has 0 aliphatic carbocycles. The van der Waals surface area contributed by atoms with Crippen molar-refractivity contribution in [1.82, 2.24) is 14.7 Å².